The van der Waals surface area contributed by atoms with Gasteiger partial charge in [-0.3, -0.25) is 9.59 Å². The number of unbranched alkanes of at least 4 members (excludes halogenated alkanes) is 16. The van der Waals surface area contributed by atoms with E-state index in [0.717, 1.165) is 64.2 Å². The first-order valence-electron chi connectivity index (χ1n) is 22.9. The van der Waals surface area contributed by atoms with Gasteiger partial charge in [0, 0.05) is 12.8 Å². The largest absolute Gasteiger partial charge is 0.462 e. The van der Waals surface area contributed by atoms with Crippen LogP contribution >= 0.6 is 0 Å². The molecule has 15 heteroatoms. The Balaban J connectivity index is 1.85. The zero-order valence-electron chi connectivity index (χ0n) is 36.4. The average Bonchev–Trinajstić information content (AvgIpc) is 3.24. The lowest BCUT2D eigenvalue weighted by Crippen LogP contribution is -2.61. The Morgan fingerprint density at radius 1 is 0.533 bits per heavy atom. The van der Waals surface area contributed by atoms with Crippen LogP contribution in [0.3, 0.4) is 0 Å². The maximum atomic E-state index is 12.9. The molecule has 4 unspecified atom stereocenters. The first kappa shape index (κ1) is 54.1. The molecule has 2 saturated heterocycles. The van der Waals surface area contributed by atoms with E-state index in [-0.39, 0.29) is 26.1 Å². The van der Waals surface area contributed by atoms with Crippen molar-refractivity contribution in [3.63, 3.8) is 0 Å². The highest BCUT2D eigenvalue weighted by Gasteiger charge is 2.47. The van der Waals surface area contributed by atoms with E-state index in [9.17, 15) is 45.3 Å². The molecule has 15 nitrogen and oxygen atoms in total. The van der Waals surface area contributed by atoms with Crippen molar-refractivity contribution in [2.24, 2.45) is 0 Å². The lowest BCUT2D eigenvalue weighted by Gasteiger charge is -2.42. The average molecular weight is 861 g/mol. The van der Waals surface area contributed by atoms with Crippen LogP contribution in [0.1, 0.15) is 155 Å². The van der Waals surface area contributed by atoms with Crippen LogP contribution in [0.4, 0.5) is 0 Å². The minimum atomic E-state index is -1.76. The molecule has 0 aromatic rings. The molecule has 2 aliphatic rings. The Morgan fingerprint density at radius 2 is 1.02 bits per heavy atom. The standard InChI is InChI=1S/C45H80O15/c1-3-5-7-9-11-13-15-16-17-18-20-21-23-25-27-36(47)55-30-33(58-37(48)28-26-24-22-19-14-12-10-8-6-4-2)31-56-44-43(54)41(52)39(50)35(60-44)32-57-45-42(53)40(51)38(49)34(29-46)59-45/h9,11,15-16,33-35,38-46,49-54H,3-8,10,12-14,17-32H2,1-2H3/b11-9+,16-15+/t33-,34-,35-,38+,39+,40?,41?,42?,43?,44-,45-/m1/s1. The van der Waals surface area contributed by atoms with Crippen molar-refractivity contribution in [2.75, 3.05) is 26.4 Å². The highest BCUT2D eigenvalue weighted by Crippen LogP contribution is 2.26. The van der Waals surface area contributed by atoms with Crippen molar-refractivity contribution in [1.29, 1.82) is 0 Å². The molecule has 11 atom stereocenters. The number of hydrogen-bond donors (Lipinski definition) is 7. The van der Waals surface area contributed by atoms with Crippen molar-refractivity contribution in [3.05, 3.63) is 24.3 Å². The Bertz CT molecular complexity index is 1150. The Morgan fingerprint density at radius 3 is 1.60 bits per heavy atom. The Kier molecular flexibility index (Phi) is 30.2. The summed E-state index contributed by atoms with van der Waals surface area (Å²) in [6.45, 7) is 2.50. The number of allylic oxidation sites excluding steroid dienone is 4. The fourth-order valence-corrected chi connectivity index (χ4v) is 7.06. The highest BCUT2D eigenvalue weighted by molar-refractivity contribution is 5.70. The van der Waals surface area contributed by atoms with Gasteiger partial charge in [-0.05, 0) is 38.5 Å². The monoisotopic (exact) mass is 861 g/mol. The number of rotatable bonds is 34. The van der Waals surface area contributed by atoms with E-state index in [2.05, 4.69) is 38.2 Å². The lowest BCUT2D eigenvalue weighted by molar-refractivity contribution is -0.332. The summed E-state index contributed by atoms with van der Waals surface area (Å²) in [4.78, 5) is 25.6. The fraction of sp³-hybridized carbons (Fsp3) is 0.867. The maximum absolute atomic E-state index is 12.9. The molecule has 0 aliphatic carbocycles. The summed E-state index contributed by atoms with van der Waals surface area (Å²) in [7, 11) is 0. The number of aliphatic hydroxyl groups is 7. The molecule has 0 saturated carbocycles. The van der Waals surface area contributed by atoms with Gasteiger partial charge in [0.1, 0.15) is 55.4 Å². The van der Waals surface area contributed by atoms with Crippen LogP contribution in [0.15, 0.2) is 24.3 Å². The molecule has 0 radical (unpaired) electrons. The predicted octanol–water partition coefficient (Wildman–Crippen LogP) is 4.82. The second-order valence-corrected chi connectivity index (χ2v) is 16.2. The summed E-state index contributed by atoms with van der Waals surface area (Å²) in [5, 5.41) is 71.8. The summed E-state index contributed by atoms with van der Waals surface area (Å²) < 4.78 is 33.4. The molecule has 2 fully saturated rings. The summed E-state index contributed by atoms with van der Waals surface area (Å²) in [6.07, 6.45) is 13.7. The molecular weight excluding hydrogens is 780 g/mol. The first-order chi connectivity index (χ1) is 29.0. The third-order valence-corrected chi connectivity index (χ3v) is 10.9. The van der Waals surface area contributed by atoms with Crippen LogP contribution in [-0.2, 0) is 38.0 Å². The smallest absolute Gasteiger partial charge is 0.306 e. The molecule has 0 aromatic heterocycles. The van der Waals surface area contributed by atoms with Crippen LogP contribution in [0.25, 0.3) is 0 Å². The number of ether oxygens (including phenoxy) is 6. The summed E-state index contributed by atoms with van der Waals surface area (Å²) >= 11 is 0. The molecule has 2 aliphatic heterocycles. The van der Waals surface area contributed by atoms with E-state index >= 15 is 0 Å². The van der Waals surface area contributed by atoms with Gasteiger partial charge in [-0.1, -0.05) is 128 Å². The summed E-state index contributed by atoms with van der Waals surface area (Å²) in [5.74, 6) is -0.942. The van der Waals surface area contributed by atoms with Crippen LogP contribution in [0.2, 0.25) is 0 Å². The number of carbonyl (C=O) groups is 2. The first-order valence-corrected chi connectivity index (χ1v) is 22.9. The van der Waals surface area contributed by atoms with Gasteiger partial charge in [0.05, 0.1) is 19.8 Å². The van der Waals surface area contributed by atoms with Crippen LogP contribution in [0, 0.1) is 0 Å². The van der Waals surface area contributed by atoms with Crippen LogP contribution < -0.4 is 0 Å². The molecule has 2 rings (SSSR count). The lowest BCUT2D eigenvalue weighted by atomic mass is 9.98. The molecule has 60 heavy (non-hydrogen) atoms. The molecule has 0 bridgehead atoms. The van der Waals surface area contributed by atoms with Gasteiger partial charge in [0.2, 0.25) is 0 Å². The third kappa shape index (κ3) is 22.4. The predicted molar refractivity (Wildman–Crippen MR) is 224 cm³/mol. The quantitative estimate of drug-likeness (QED) is 0.0261. The highest BCUT2D eigenvalue weighted by atomic mass is 16.7. The number of aliphatic hydroxyl groups excluding tert-OH is 7. The van der Waals surface area contributed by atoms with E-state index in [1.54, 1.807) is 0 Å². The zero-order valence-corrected chi connectivity index (χ0v) is 36.4. The second kappa shape index (κ2) is 33.5. The van der Waals surface area contributed by atoms with Crippen molar-refractivity contribution in [1.82, 2.24) is 0 Å². The fourth-order valence-electron chi connectivity index (χ4n) is 7.06. The molecule has 0 spiro atoms. The Labute approximate surface area is 358 Å². The van der Waals surface area contributed by atoms with Gasteiger partial charge in [0.15, 0.2) is 18.7 Å². The number of esters is 2. The van der Waals surface area contributed by atoms with E-state index in [1.807, 2.05) is 0 Å². The van der Waals surface area contributed by atoms with E-state index in [0.29, 0.717) is 12.8 Å². The minimum Gasteiger partial charge on any atom is -0.462 e. The van der Waals surface area contributed by atoms with Gasteiger partial charge in [-0.2, -0.15) is 0 Å². The number of hydrogen-bond acceptors (Lipinski definition) is 15. The number of carbonyl (C=O) groups excluding carboxylic acids is 2. The summed E-state index contributed by atoms with van der Waals surface area (Å²) in [5.41, 5.74) is 0. The van der Waals surface area contributed by atoms with Crippen molar-refractivity contribution in [3.8, 4) is 0 Å². The van der Waals surface area contributed by atoms with E-state index < -0.39 is 92.7 Å². The zero-order chi connectivity index (χ0) is 44.0. The topological polar surface area (TPSA) is 231 Å². The molecule has 2 heterocycles. The molecular formula is C45H80O15. The molecule has 7 N–H and O–H groups in total. The van der Waals surface area contributed by atoms with Gasteiger partial charge in [0.25, 0.3) is 0 Å². The van der Waals surface area contributed by atoms with Crippen molar-refractivity contribution in [2.45, 2.75) is 223 Å². The molecule has 0 amide bonds. The third-order valence-electron chi connectivity index (χ3n) is 10.9. The van der Waals surface area contributed by atoms with Crippen molar-refractivity contribution >= 4 is 11.9 Å². The second-order valence-electron chi connectivity index (χ2n) is 16.2. The molecule has 350 valence electrons. The van der Waals surface area contributed by atoms with Gasteiger partial charge in [-0.15, -0.1) is 0 Å². The molecule has 0 aromatic carbocycles. The minimum absolute atomic E-state index is 0.164. The maximum Gasteiger partial charge on any atom is 0.306 e. The normalized spacial score (nSPS) is 27.8. The van der Waals surface area contributed by atoms with Crippen LogP contribution in [0.5, 0.6) is 0 Å². The van der Waals surface area contributed by atoms with E-state index in [4.69, 9.17) is 28.4 Å². The van der Waals surface area contributed by atoms with Gasteiger partial charge in [-0.25, -0.2) is 0 Å². The van der Waals surface area contributed by atoms with Gasteiger partial charge >= 0.3 is 11.9 Å². The van der Waals surface area contributed by atoms with Gasteiger partial charge < -0.3 is 64.2 Å². The van der Waals surface area contributed by atoms with E-state index in [1.165, 1.54) is 51.4 Å². The Hall–Kier alpha value is -2.02. The van der Waals surface area contributed by atoms with Crippen LogP contribution in [-0.4, -0.2) is 142 Å². The van der Waals surface area contributed by atoms with Crippen molar-refractivity contribution < 1.29 is 73.8 Å². The SMILES string of the molecule is CCCC/C=C/C/C=C/CCCCCCCC(=O)OC[C@H](CO[C@@H]1O[C@H](CO[C@@H]2O[C@H](CO)[C@H](O)C(O)C2O)[C@H](O)C(O)C1O)OC(=O)CCCCCCCCCCCC. The summed E-state index contributed by atoms with van der Waals surface area (Å²) in [6, 6.07) is 0.